The number of oxazole rings is 1. The molecule has 31 heavy (non-hydrogen) atoms. The number of ether oxygens (including phenoxy) is 1. The van der Waals surface area contributed by atoms with Crippen molar-refractivity contribution in [2.45, 2.75) is 58.2 Å². The molecule has 2 aliphatic rings. The topological polar surface area (TPSA) is 58.8 Å². The molecule has 2 atom stereocenters. The quantitative estimate of drug-likeness (QED) is 0.671. The van der Waals surface area contributed by atoms with Crippen molar-refractivity contribution in [1.82, 2.24) is 14.8 Å². The van der Waals surface area contributed by atoms with E-state index < -0.39 is 0 Å². The van der Waals surface area contributed by atoms with Crippen LogP contribution in [-0.4, -0.2) is 65.6 Å². The standard InChI is InChI=1S/C25H35N3O3/c1-19-16-27(17-20(2)30-19)18-21-11-13-28(14-12-21)25(29)10-6-9-24-26-15-23(31-24)22-7-4-3-5-8-22/h3-5,7-8,15,19-21H,6,9-14,16-18H2,1-2H3. The largest absolute Gasteiger partial charge is 0.441 e. The van der Waals surface area contributed by atoms with Gasteiger partial charge in [-0.05, 0) is 39.0 Å². The van der Waals surface area contributed by atoms with Crippen LogP contribution in [0.3, 0.4) is 0 Å². The van der Waals surface area contributed by atoms with E-state index in [2.05, 4.69) is 23.7 Å². The number of morpholine rings is 1. The third-order valence-corrected chi connectivity index (χ3v) is 6.37. The van der Waals surface area contributed by atoms with Gasteiger partial charge in [-0.2, -0.15) is 0 Å². The van der Waals surface area contributed by atoms with Crippen molar-refractivity contribution in [3.63, 3.8) is 0 Å². The Morgan fingerprint density at radius 3 is 2.52 bits per heavy atom. The number of carbonyl (C=O) groups is 1. The first kappa shape index (κ1) is 22.0. The van der Waals surface area contributed by atoms with Gasteiger partial charge in [0.25, 0.3) is 0 Å². The molecule has 0 aliphatic carbocycles. The first-order valence-electron chi connectivity index (χ1n) is 11.7. The van der Waals surface area contributed by atoms with E-state index in [1.165, 1.54) is 0 Å². The molecule has 2 fully saturated rings. The number of aryl methyl sites for hydroxylation is 1. The number of rotatable bonds is 7. The van der Waals surface area contributed by atoms with Crippen LogP contribution in [0.25, 0.3) is 11.3 Å². The summed E-state index contributed by atoms with van der Waals surface area (Å²) in [5.74, 6) is 2.44. The van der Waals surface area contributed by atoms with Crippen LogP contribution in [-0.2, 0) is 16.0 Å². The maximum atomic E-state index is 12.6. The smallest absolute Gasteiger partial charge is 0.222 e. The summed E-state index contributed by atoms with van der Waals surface area (Å²) >= 11 is 0. The molecule has 0 radical (unpaired) electrons. The highest BCUT2D eigenvalue weighted by atomic mass is 16.5. The van der Waals surface area contributed by atoms with Crippen molar-refractivity contribution in [3.8, 4) is 11.3 Å². The number of likely N-dealkylation sites (tertiary alicyclic amines) is 1. The molecule has 4 rings (SSSR count). The molecule has 6 heteroatoms. The molecule has 0 N–H and O–H groups in total. The average Bonchev–Trinajstić information content (AvgIpc) is 3.23. The van der Waals surface area contributed by atoms with E-state index in [0.29, 0.717) is 36.9 Å². The second kappa shape index (κ2) is 10.4. The number of piperidine rings is 1. The highest BCUT2D eigenvalue weighted by Gasteiger charge is 2.27. The van der Waals surface area contributed by atoms with E-state index in [-0.39, 0.29) is 5.91 Å². The number of carbonyl (C=O) groups excluding carboxylic acids is 1. The van der Waals surface area contributed by atoms with E-state index in [4.69, 9.17) is 9.15 Å². The second-order valence-corrected chi connectivity index (χ2v) is 9.14. The monoisotopic (exact) mass is 425 g/mol. The van der Waals surface area contributed by atoms with Gasteiger partial charge in [0.2, 0.25) is 5.91 Å². The van der Waals surface area contributed by atoms with E-state index in [0.717, 1.165) is 63.3 Å². The molecule has 0 bridgehead atoms. The Balaban J connectivity index is 1.16. The molecule has 6 nitrogen and oxygen atoms in total. The van der Waals surface area contributed by atoms with Crippen LogP contribution in [0.1, 0.15) is 45.4 Å². The summed E-state index contributed by atoms with van der Waals surface area (Å²) in [7, 11) is 0. The van der Waals surface area contributed by atoms with Crippen LogP contribution < -0.4 is 0 Å². The van der Waals surface area contributed by atoms with Crippen molar-refractivity contribution in [1.29, 1.82) is 0 Å². The first-order chi connectivity index (χ1) is 15.1. The molecule has 2 unspecified atom stereocenters. The number of hydrogen-bond donors (Lipinski definition) is 0. The van der Waals surface area contributed by atoms with E-state index in [9.17, 15) is 4.79 Å². The zero-order chi connectivity index (χ0) is 21.6. The van der Waals surface area contributed by atoms with Crippen LogP contribution in [0.15, 0.2) is 40.9 Å². The van der Waals surface area contributed by atoms with E-state index in [1.807, 2.05) is 35.2 Å². The molecule has 2 saturated heterocycles. The molecule has 1 amide bonds. The molecule has 0 saturated carbocycles. The van der Waals surface area contributed by atoms with Crippen LogP contribution in [0.4, 0.5) is 0 Å². The van der Waals surface area contributed by atoms with Gasteiger partial charge in [0.15, 0.2) is 11.7 Å². The third kappa shape index (κ3) is 6.17. The van der Waals surface area contributed by atoms with Gasteiger partial charge in [-0.25, -0.2) is 4.98 Å². The Morgan fingerprint density at radius 2 is 1.81 bits per heavy atom. The third-order valence-electron chi connectivity index (χ3n) is 6.37. The number of hydrogen-bond acceptors (Lipinski definition) is 5. The highest BCUT2D eigenvalue weighted by Crippen LogP contribution is 2.23. The van der Waals surface area contributed by atoms with Crippen LogP contribution in [0.2, 0.25) is 0 Å². The lowest BCUT2D eigenvalue weighted by molar-refractivity contribution is -0.132. The van der Waals surface area contributed by atoms with Crippen LogP contribution >= 0.6 is 0 Å². The lowest BCUT2D eigenvalue weighted by Gasteiger charge is -2.39. The molecule has 1 aromatic heterocycles. The Morgan fingerprint density at radius 1 is 1.10 bits per heavy atom. The Hall–Kier alpha value is -2.18. The summed E-state index contributed by atoms with van der Waals surface area (Å²) in [6.07, 6.45) is 6.65. The fourth-order valence-electron chi connectivity index (χ4n) is 4.87. The van der Waals surface area contributed by atoms with Gasteiger partial charge in [-0.3, -0.25) is 9.69 Å². The SMILES string of the molecule is CC1CN(CC2CCN(C(=O)CCCc3ncc(-c4ccccc4)o3)CC2)CC(C)O1. The van der Waals surface area contributed by atoms with Gasteiger partial charge in [0.1, 0.15) is 0 Å². The summed E-state index contributed by atoms with van der Waals surface area (Å²) in [5.41, 5.74) is 1.03. The minimum absolute atomic E-state index is 0.266. The Bertz CT molecular complexity index is 820. The van der Waals surface area contributed by atoms with Crippen molar-refractivity contribution in [2.75, 3.05) is 32.7 Å². The molecular formula is C25H35N3O3. The fourth-order valence-corrected chi connectivity index (χ4v) is 4.87. The molecule has 0 spiro atoms. The molecule has 2 aliphatic heterocycles. The number of aromatic nitrogens is 1. The van der Waals surface area contributed by atoms with Gasteiger partial charge >= 0.3 is 0 Å². The van der Waals surface area contributed by atoms with Crippen molar-refractivity contribution in [3.05, 3.63) is 42.4 Å². The van der Waals surface area contributed by atoms with Gasteiger partial charge in [0.05, 0.1) is 18.4 Å². The van der Waals surface area contributed by atoms with Crippen LogP contribution in [0.5, 0.6) is 0 Å². The average molecular weight is 426 g/mol. The maximum absolute atomic E-state index is 12.6. The van der Waals surface area contributed by atoms with Crippen molar-refractivity contribution < 1.29 is 13.9 Å². The van der Waals surface area contributed by atoms with E-state index >= 15 is 0 Å². The zero-order valence-corrected chi connectivity index (χ0v) is 18.8. The lowest BCUT2D eigenvalue weighted by Crippen LogP contribution is -2.48. The maximum Gasteiger partial charge on any atom is 0.222 e. The predicted octanol–water partition coefficient (Wildman–Crippen LogP) is 4.01. The molecule has 2 aromatic rings. The summed E-state index contributed by atoms with van der Waals surface area (Å²) in [4.78, 5) is 21.6. The zero-order valence-electron chi connectivity index (χ0n) is 18.8. The minimum atomic E-state index is 0.266. The first-order valence-corrected chi connectivity index (χ1v) is 11.7. The van der Waals surface area contributed by atoms with Gasteiger partial charge in [-0.1, -0.05) is 30.3 Å². The normalized spacial score (nSPS) is 23.2. The Labute approximate surface area is 185 Å². The van der Waals surface area contributed by atoms with Crippen molar-refractivity contribution >= 4 is 5.91 Å². The minimum Gasteiger partial charge on any atom is -0.441 e. The Kier molecular flexibility index (Phi) is 7.41. The fraction of sp³-hybridized carbons (Fsp3) is 0.600. The van der Waals surface area contributed by atoms with E-state index in [1.54, 1.807) is 6.20 Å². The molecule has 1 aromatic carbocycles. The predicted molar refractivity (Wildman–Crippen MR) is 121 cm³/mol. The molecular weight excluding hydrogens is 390 g/mol. The molecule has 168 valence electrons. The highest BCUT2D eigenvalue weighted by molar-refractivity contribution is 5.76. The van der Waals surface area contributed by atoms with Gasteiger partial charge in [-0.15, -0.1) is 0 Å². The van der Waals surface area contributed by atoms with Crippen LogP contribution in [0, 0.1) is 5.92 Å². The summed E-state index contributed by atoms with van der Waals surface area (Å²) in [6, 6.07) is 9.98. The number of benzene rings is 1. The lowest BCUT2D eigenvalue weighted by atomic mass is 9.95. The van der Waals surface area contributed by atoms with Gasteiger partial charge in [0, 0.05) is 51.1 Å². The second-order valence-electron chi connectivity index (χ2n) is 9.14. The summed E-state index contributed by atoms with van der Waals surface area (Å²) in [6.45, 7) is 9.27. The molecule has 3 heterocycles. The van der Waals surface area contributed by atoms with Crippen molar-refractivity contribution in [2.24, 2.45) is 5.92 Å². The summed E-state index contributed by atoms with van der Waals surface area (Å²) in [5, 5.41) is 0. The van der Waals surface area contributed by atoms with Gasteiger partial charge < -0.3 is 14.1 Å². The number of amides is 1. The number of nitrogens with zero attached hydrogens (tertiary/aromatic N) is 3. The summed E-state index contributed by atoms with van der Waals surface area (Å²) < 4.78 is 11.7.